The van der Waals surface area contributed by atoms with Gasteiger partial charge in [-0.2, -0.15) is 5.26 Å². The first-order valence-corrected chi connectivity index (χ1v) is 8.23. The first-order chi connectivity index (χ1) is 10.7. The summed E-state index contributed by atoms with van der Waals surface area (Å²) in [6.45, 7) is 3.54. The number of carbonyl (C=O) groups excluding carboxylic acids is 1. The predicted octanol–water partition coefficient (Wildman–Crippen LogP) is 2.30. The second kappa shape index (κ2) is 6.93. The predicted molar refractivity (Wildman–Crippen MR) is 84.9 cm³/mol. The molecule has 1 aromatic rings. The fourth-order valence-corrected chi connectivity index (χ4v) is 3.12. The molecule has 1 aliphatic heterocycles. The lowest BCUT2D eigenvalue weighted by atomic mass is 9.96. The minimum atomic E-state index is 0.117. The van der Waals surface area contributed by atoms with Crippen LogP contribution in [-0.4, -0.2) is 30.4 Å². The molecule has 0 radical (unpaired) electrons. The van der Waals surface area contributed by atoms with E-state index in [0.717, 1.165) is 50.5 Å². The molecule has 1 unspecified atom stereocenters. The van der Waals surface area contributed by atoms with Crippen molar-refractivity contribution in [3.8, 4) is 6.07 Å². The molecule has 1 aromatic carbocycles. The maximum Gasteiger partial charge on any atom is 0.224 e. The number of benzene rings is 1. The summed E-state index contributed by atoms with van der Waals surface area (Å²) in [5.74, 6) is 1.08. The molecule has 1 heterocycles. The van der Waals surface area contributed by atoms with Crippen molar-refractivity contribution in [2.45, 2.75) is 32.2 Å². The first kappa shape index (κ1) is 15.1. The average Bonchev–Trinajstić information content (AvgIpc) is 3.37. The van der Waals surface area contributed by atoms with Crippen LogP contribution in [0.5, 0.6) is 0 Å². The van der Waals surface area contributed by atoms with Crippen LogP contribution < -0.4 is 5.32 Å². The van der Waals surface area contributed by atoms with E-state index >= 15 is 0 Å². The summed E-state index contributed by atoms with van der Waals surface area (Å²) in [5, 5.41) is 12.1. The van der Waals surface area contributed by atoms with Crippen molar-refractivity contribution in [2.24, 2.45) is 11.8 Å². The molecule has 4 nitrogen and oxygen atoms in total. The number of nitriles is 1. The molecular formula is C18H23N3O. The van der Waals surface area contributed by atoms with Crippen LogP contribution >= 0.6 is 0 Å². The van der Waals surface area contributed by atoms with Gasteiger partial charge < -0.3 is 5.32 Å². The lowest BCUT2D eigenvalue weighted by Gasteiger charge is -2.32. The molecule has 1 aliphatic carbocycles. The van der Waals surface area contributed by atoms with Crippen LogP contribution in [-0.2, 0) is 11.3 Å². The third-order valence-electron chi connectivity index (χ3n) is 4.60. The van der Waals surface area contributed by atoms with E-state index in [-0.39, 0.29) is 11.8 Å². The Kier molecular flexibility index (Phi) is 4.74. The fraction of sp³-hybridized carbons (Fsp3) is 0.556. The molecule has 2 fully saturated rings. The Labute approximate surface area is 132 Å². The number of hydrogen-bond acceptors (Lipinski definition) is 3. The number of rotatable bonds is 5. The Balaban J connectivity index is 1.53. The highest BCUT2D eigenvalue weighted by molar-refractivity contribution is 5.79. The molecule has 4 heteroatoms. The van der Waals surface area contributed by atoms with Gasteiger partial charge >= 0.3 is 0 Å². The zero-order valence-corrected chi connectivity index (χ0v) is 12.9. The number of piperidine rings is 1. The van der Waals surface area contributed by atoms with E-state index in [0.29, 0.717) is 5.56 Å². The summed E-state index contributed by atoms with van der Waals surface area (Å²) >= 11 is 0. The normalized spacial score (nSPS) is 22.0. The van der Waals surface area contributed by atoms with E-state index in [1.54, 1.807) is 0 Å². The van der Waals surface area contributed by atoms with Gasteiger partial charge in [-0.25, -0.2) is 0 Å². The Morgan fingerprint density at radius 3 is 3.00 bits per heavy atom. The molecule has 2 aliphatic rings. The number of hydrogen-bond donors (Lipinski definition) is 1. The summed E-state index contributed by atoms with van der Waals surface area (Å²) in [6.07, 6.45) is 4.60. The molecule has 22 heavy (non-hydrogen) atoms. The van der Waals surface area contributed by atoms with Gasteiger partial charge in [0.1, 0.15) is 0 Å². The van der Waals surface area contributed by atoms with Crippen LogP contribution in [0.25, 0.3) is 0 Å². The maximum atomic E-state index is 12.2. The Morgan fingerprint density at radius 1 is 1.36 bits per heavy atom. The molecule has 1 amide bonds. The Bertz CT molecular complexity index is 574. The van der Waals surface area contributed by atoms with Crippen molar-refractivity contribution >= 4 is 5.91 Å². The molecule has 0 bridgehead atoms. The van der Waals surface area contributed by atoms with E-state index in [2.05, 4.69) is 22.4 Å². The highest BCUT2D eigenvalue weighted by Gasteiger charge is 2.27. The lowest BCUT2D eigenvalue weighted by Crippen LogP contribution is -2.43. The quantitative estimate of drug-likeness (QED) is 0.907. The molecule has 116 valence electrons. The smallest absolute Gasteiger partial charge is 0.224 e. The summed E-state index contributed by atoms with van der Waals surface area (Å²) in [6, 6.07) is 9.93. The molecule has 1 saturated carbocycles. The number of carbonyl (C=O) groups is 1. The number of nitrogens with one attached hydrogen (secondary N) is 1. The van der Waals surface area contributed by atoms with Gasteiger partial charge in [0.05, 0.1) is 17.6 Å². The first-order valence-electron chi connectivity index (χ1n) is 8.23. The molecule has 1 saturated heterocycles. The van der Waals surface area contributed by atoms with Gasteiger partial charge in [0.25, 0.3) is 0 Å². The van der Waals surface area contributed by atoms with E-state index in [9.17, 15) is 4.79 Å². The zero-order valence-electron chi connectivity index (χ0n) is 12.9. The summed E-state index contributed by atoms with van der Waals surface area (Å²) in [4.78, 5) is 14.6. The van der Waals surface area contributed by atoms with Crippen LogP contribution in [0.1, 0.15) is 36.8 Å². The van der Waals surface area contributed by atoms with Gasteiger partial charge in [0, 0.05) is 19.6 Å². The van der Waals surface area contributed by atoms with Crippen LogP contribution in [0.2, 0.25) is 0 Å². The maximum absolute atomic E-state index is 12.2. The van der Waals surface area contributed by atoms with Crippen LogP contribution in [0.4, 0.5) is 0 Å². The van der Waals surface area contributed by atoms with Crippen LogP contribution in [0.15, 0.2) is 24.3 Å². The summed E-state index contributed by atoms with van der Waals surface area (Å²) < 4.78 is 0. The van der Waals surface area contributed by atoms with Gasteiger partial charge in [-0.15, -0.1) is 0 Å². The second-order valence-electron chi connectivity index (χ2n) is 6.57. The molecule has 1 N–H and O–H groups in total. The largest absolute Gasteiger partial charge is 0.356 e. The zero-order chi connectivity index (χ0) is 15.4. The number of likely N-dealkylation sites (tertiary alicyclic amines) is 1. The van der Waals surface area contributed by atoms with E-state index < -0.39 is 0 Å². The van der Waals surface area contributed by atoms with Crippen LogP contribution in [0, 0.1) is 23.2 Å². The Hall–Kier alpha value is -1.86. The fourth-order valence-electron chi connectivity index (χ4n) is 3.12. The van der Waals surface area contributed by atoms with Gasteiger partial charge in [-0.1, -0.05) is 12.1 Å². The highest BCUT2D eigenvalue weighted by Crippen LogP contribution is 2.28. The summed E-state index contributed by atoms with van der Waals surface area (Å²) in [7, 11) is 0. The minimum absolute atomic E-state index is 0.117. The minimum Gasteiger partial charge on any atom is -0.356 e. The van der Waals surface area contributed by atoms with Crippen molar-refractivity contribution in [3.05, 3.63) is 35.4 Å². The van der Waals surface area contributed by atoms with Crippen LogP contribution in [0.3, 0.4) is 0 Å². The SMILES string of the molecule is N#Cc1cccc(CN2CCCC(C(=O)NCC3CC3)C2)c1. The number of amides is 1. The van der Waals surface area contributed by atoms with E-state index in [1.165, 1.54) is 12.8 Å². The lowest BCUT2D eigenvalue weighted by molar-refractivity contribution is -0.126. The molecule has 3 rings (SSSR count). The molecule has 0 spiro atoms. The summed E-state index contributed by atoms with van der Waals surface area (Å²) in [5.41, 5.74) is 1.85. The monoisotopic (exact) mass is 297 g/mol. The molecule has 0 aromatic heterocycles. The molecule has 1 atom stereocenters. The van der Waals surface area contributed by atoms with Gasteiger partial charge in [0.2, 0.25) is 5.91 Å². The van der Waals surface area contributed by atoms with Crippen molar-refractivity contribution in [1.29, 1.82) is 5.26 Å². The highest BCUT2D eigenvalue weighted by atomic mass is 16.1. The van der Waals surface area contributed by atoms with Crippen molar-refractivity contribution < 1.29 is 4.79 Å². The average molecular weight is 297 g/mol. The second-order valence-corrected chi connectivity index (χ2v) is 6.57. The molecular weight excluding hydrogens is 274 g/mol. The standard InChI is InChI=1S/C18H23N3O/c19-10-15-3-1-4-16(9-15)12-21-8-2-5-17(13-21)18(22)20-11-14-6-7-14/h1,3-4,9,14,17H,2,5-8,11-13H2,(H,20,22). The third kappa shape index (κ3) is 4.08. The van der Waals surface area contributed by atoms with Crippen molar-refractivity contribution in [3.63, 3.8) is 0 Å². The number of nitrogens with zero attached hydrogens (tertiary/aromatic N) is 2. The topological polar surface area (TPSA) is 56.1 Å². The van der Waals surface area contributed by atoms with Gasteiger partial charge in [0.15, 0.2) is 0 Å². The van der Waals surface area contributed by atoms with E-state index in [4.69, 9.17) is 5.26 Å². The van der Waals surface area contributed by atoms with Gasteiger partial charge in [-0.3, -0.25) is 9.69 Å². The van der Waals surface area contributed by atoms with E-state index in [1.807, 2.05) is 18.2 Å². The van der Waals surface area contributed by atoms with Gasteiger partial charge in [-0.05, 0) is 55.8 Å². The van der Waals surface area contributed by atoms with Crippen molar-refractivity contribution in [1.82, 2.24) is 10.2 Å². The Morgan fingerprint density at radius 2 is 2.23 bits per heavy atom. The third-order valence-corrected chi connectivity index (χ3v) is 4.60. The van der Waals surface area contributed by atoms with Crippen molar-refractivity contribution in [2.75, 3.05) is 19.6 Å².